The fourth-order valence-electron chi connectivity index (χ4n) is 4.49. The van der Waals surface area contributed by atoms with Crippen LogP contribution in [-0.2, 0) is 45.4 Å². The number of nitrogens with one attached hydrogen (secondary N) is 1. The van der Waals surface area contributed by atoms with Gasteiger partial charge in [-0.3, -0.25) is 41.5 Å². The van der Waals surface area contributed by atoms with Crippen molar-refractivity contribution in [2.45, 2.75) is 69.9 Å². The normalized spacial score (nSPS) is 20.1. The molecule has 0 amide bonds. The van der Waals surface area contributed by atoms with Gasteiger partial charge < -0.3 is 28.6 Å². The highest BCUT2D eigenvalue weighted by atomic mass is 31.2. The molecule has 1 fully saturated rings. The number of ether oxygens (including phenoxy) is 1. The Bertz CT molecular complexity index is 1910. The number of aromatic nitrogens is 4. The van der Waals surface area contributed by atoms with Crippen molar-refractivity contribution < 1.29 is 45.4 Å². The van der Waals surface area contributed by atoms with Gasteiger partial charge >= 0.3 is 15.6 Å². The molecule has 2 aromatic rings. The standard InChI is InChI=1S/C31H46N10O11P2Si/c1-31(2,3)55(9,10)52-26-25(51-54(44,45-16-11-12-32)48-19-15-35-6)23(20-49-53(43,46-17-13-33-4)47-18-14-34-5)50-29(26)41-22-36-24-27(41)38-30(39-28(24)42)37-21-40(7)8/h21-23,25-26,29H,11,13-20H2,1-3,7-10H3,(H,38,39,42)/t23-,25+,26?,29-,54?/m1/s1. The van der Waals surface area contributed by atoms with E-state index in [0.29, 0.717) is 0 Å². The molecule has 5 atom stereocenters. The maximum atomic E-state index is 14.3. The maximum absolute atomic E-state index is 14.3. The van der Waals surface area contributed by atoms with Crippen molar-refractivity contribution in [1.29, 1.82) is 5.26 Å². The second-order valence-electron chi connectivity index (χ2n) is 13.5. The van der Waals surface area contributed by atoms with E-state index in [1.165, 1.54) is 17.2 Å². The van der Waals surface area contributed by atoms with Crippen LogP contribution in [0.15, 0.2) is 16.1 Å². The van der Waals surface area contributed by atoms with Crippen LogP contribution < -0.4 is 5.56 Å². The van der Waals surface area contributed by atoms with Gasteiger partial charge in [-0.1, -0.05) is 20.8 Å². The van der Waals surface area contributed by atoms with E-state index in [-0.39, 0.29) is 69.6 Å². The Morgan fingerprint density at radius 1 is 1.02 bits per heavy atom. The maximum Gasteiger partial charge on any atom is 0.475 e. The van der Waals surface area contributed by atoms with E-state index in [2.05, 4.69) is 34.5 Å². The lowest BCUT2D eigenvalue weighted by atomic mass is 10.1. The smallest absolute Gasteiger partial charge is 0.407 e. The van der Waals surface area contributed by atoms with Gasteiger partial charge in [-0.15, -0.1) is 0 Å². The summed E-state index contributed by atoms with van der Waals surface area (Å²) in [6.45, 7) is 28.7. The summed E-state index contributed by atoms with van der Waals surface area (Å²) >= 11 is 0. The van der Waals surface area contributed by atoms with E-state index in [1.807, 2.05) is 39.9 Å². The molecule has 300 valence electrons. The predicted molar refractivity (Wildman–Crippen MR) is 200 cm³/mol. The van der Waals surface area contributed by atoms with E-state index < -0.39 is 65.7 Å². The van der Waals surface area contributed by atoms with Crippen LogP contribution in [0.4, 0.5) is 5.95 Å². The number of hydrogen-bond acceptors (Lipinski definition) is 15. The van der Waals surface area contributed by atoms with Crippen LogP contribution in [0, 0.1) is 31.0 Å². The molecule has 3 rings (SSSR count). The molecule has 24 heteroatoms. The van der Waals surface area contributed by atoms with Crippen molar-refractivity contribution in [1.82, 2.24) is 24.4 Å². The first-order valence-electron chi connectivity index (χ1n) is 16.9. The Balaban J connectivity index is 2.23. The highest BCUT2D eigenvalue weighted by Crippen LogP contribution is 2.56. The van der Waals surface area contributed by atoms with Gasteiger partial charge in [0.2, 0.25) is 25.6 Å². The highest BCUT2D eigenvalue weighted by molar-refractivity contribution is 7.48. The Morgan fingerprint density at radius 3 is 2.15 bits per heavy atom. The van der Waals surface area contributed by atoms with Crippen LogP contribution >= 0.6 is 15.6 Å². The van der Waals surface area contributed by atoms with Crippen LogP contribution in [-0.4, -0.2) is 124 Å². The van der Waals surface area contributed by atoms with Crippen LogP contribution in [0.3, 0.4) is 0 Å². The zero-order chi connectivity index (χ0) is 40.9. The first kappa shape index (κ1) is 45.5. The minimum atomic E-state index is -4.61. The van der Waals surface area contributed by atoms with Crippen molar-refractivity contribution in [2.24, 2.45) is 4.99 Å². The number of phosphoric acid groups is 2. The number of imidazole rings is 1. The molecule has 1 saturated heterocycles. The Labute approximate surface area is 320 Å². The van der Waals surface area contributed by atoms with Crippen LogP contribution in [0.5, 0.6) is 0 Å². The van der Waals surface area contributed by atoms with Crippen LogP contribution in [0.25, 0.3) is 25.7 Å². The van der Waals surface area contributed by atoms with Crippen molar-refractivity contribution in [3.05, 3.63) is 50.9 Å². The van der Waals surface area contributed by atoms with Crippen molar-refractivity contribution >= 4 is 47.4 Å². The number of phosphoric ester groups is 2. The molecule has 1 N–H and O–H groups in total. The lowest BCUT2D eigenvalue weighted by Crippen LogP contribution is -2.49. The van der Waals surface area contributed by atoms with E-state index in [1.54, 1.807) is 19.0 Å². The molecule has 0 aromatic carbocycles. The summed E-state index contributed by atoms with van der Waals surface area (Å²) < 4.78 is 76.5. The molecule has 2 unspecified atom stereocenters. The average molecular weight is 825 g/mol. The summed E-state index contributed by atoms with van der Waals surface area (Å²) in [5, 5.41) is 8.75. The van der Waals surface area contributed by atoms with Crippen molar-refractivity contribution in [3.8, 4) is 6.07 Å². The summed E-state index contributed by atoms with van der Waals surface area (Å²) in [5.74, 6) is -0.0434. The lowest BCUT2D eigenvalue weighted by Gasteiger charge is -2.40. The molecule has 0 aliphatic carbocycles. The molecule has 0 bridgehead atoms. The summed E-state index contributed by atoms with van der Waals surface area (Å²) in [6, 6.07) is 1.89. The third-order valence-corrected chi connectivity index (χ3v) is 15.5. The Hall–Kier alpha value is -3.86. The quantitative estimate of drug-likeness (QED) is 0.0413. The SMILES string of the molecule is [C-]#[N+]CCOP(=O)(OCC[N+]#[C-])OC[C@H]1O[C@@H](n2cnc3c(=O)[nH]c(N=CN(C)C)nc32)C(O[Si](C)(C)C(C)(C)C)[C@H]1OP(=O)(OCCC#N)OCC[N+]#[C-]. The number of H-pyrrole nitrogens is 1. The molecule has 1 aliphatic rings. The number of nitrogens with zero attached hydrogens (tertiary/aromatic N) is 9. The fourth-order valence-corrected chi connectivity index (χ4v) is 8.31. The molecule has 0 radical (unpaired) electrons. The van der Waals surface area contributed by atoms with Crippen LogP contribution in [0.1, 0.15) is 33.4 Å². The molecule has 1 aliphatic heterocycles. The van der Waals surface area contributed by atoms with Gasteiger partial charge in [0.1, 0.15) is 38.1 Å². The second kappa shape index (κ2) is 20.3. The minimum Gasteiger partial charge on any atom is -0.407 e. The van der Waals surface area contributed by atoms with E-state index in [4.69, 9.17) is 61.3 Å². The lowest BCUT2D eigenvalue weighted by molar-refractivity contribution is -0.0516. The molecule has 0 saturated carbocycles. The molecule has 21 nitrogen and oxygen atoms in total. The van der Waals surface area contributed by atoms with Gasteiger partial charge in [-0.05, 0) is 18.1 Å². The number of aromatic amines is 1. The van der Waals surface area contributed by atoms with Gasteiger partial charge in [0, 0.05) is 14.1 Å². The molecule has 2 aromatic heterocycles. The second-order valence-corrected chi connectivity index (χ2v) is 21.5. The summed E-state index contributed by atoms with van der Waals surface area (Å²) in [5.41, 5.74) is -0.615. The third kappa shape index (κ3) is 12.8. The first-order chi connectivity index (χ1) is 25.9. The highest BCUT2D eigenvalue weighted by Gasteiger charge is 2.55. The summed E-state index contributed by atoms with van der Waals surface area (Å²) in [4.78, 5) is 39.9. The zero-order valence-corrected chi connectivity index (χ0v) is 34.5. The first-order valence-corrected chi connectivity index (χ1v) is 22.7. The van der Waals surface area contributed by atoms with E-state index in [9.17, 15) is 13.9 Å². The van der Waals surface area contributed by atoms with Crippen LogP contribution in [0.2, 0.25) is 18.1 Å². The average Bonchev–Trinajstić information content (AvgIpc) is 3.67. The zero-order valence-electron chi connectivity index (χ0n) is 31.7. The Kier molecular flexibility index (Phi) is 16.8. The van der Waals surface area contributed by atoms with Gasteiger partial charge in [0.05, 0.1) is 38.4 Å². The topological polar surface area (TPSA) is 224 Å². The van der Waals surface area contributed by atoms with Gasteiger partial charge in [0.15, 0.2) is 25.7 Å². The number of aliphatic imine (C=N–C) groups is 1. The monoisotopic (exact) mass is 824 g/mol. The van der Waals surface area contributed by atoms with Gasteiger partial charge in [-0.2, -0.15) is 10.2 Å². The number of nitriles is 1. The van der Waals surface area contributed by atoms with Gasteiger partial charge in [-0.25, -0.2) is 38.8 Å². The number of rotatable bonds is 22. The Morgan fingerprint density at radius 2 is 1.60 bits per heavy atom. The summed E-state index contributed by atoms with van der Waals surface area (Å²) in [7, 11) is -8.40. The molecular weight excluding hydrogens is 778 g/mol. The fraction of sp³-hybridized carbons (Fsp3) is 0.677. The molecular formula is C31H46N10O11P2Si. The van der Waals surface area contributed by atoms with Crippen molar-refractivity contribution in [2.75, 3.05) is 66.8 Å². The third-order valence-electron chi connectivity index (χ3n) is 8.10. The predicted octanol–water partition coefficient (Wildman–Crippen LogP) is 4.98. The van der Waals surface area contributed by atoms with E-state index in [0.717, 1.165) is 0 Å². The molecule has 0 spiro atoms. The van der Waals surface area contributed by atoms with E-state index >= 15 is 0 Å². The molecule has 3 heterocycles. The molecule has 55 heavy (non-hydrogen) atoms. The largest absolute Gasteiger partial charge is 0.475 e. The summed E-state index contributed by atoms with van der Waals surface area (Å²) in [6.07, 6.45) is -2.62. The number of fused-ring (bicyclic) bond motifs is 1. The number of hydrogen-bond donors (Lipinski definition) is 1. The van der Waals surface area contributed by atoms with Gasteiger partial charge in [0.25, 0.3) is 5.56 Å². The minimum absolute atomic E-state index is 0.0428. The van der Waals surface area contributed by atoms with Crippen molar-refractivity contribution in [3.63, 3.8) is 0 Å².